The van der Waals surface area contributed by atoms with Crippen LogP contribution in [0.5, 0.6) is 0 Å². The smallest absolute Gasteiger partial charge is 0.221 e. The zero-order valence-corrected chi connectivity index (χ0v) is 24.5. The van der Waals surface area contributed by atoms with Crippen LogP contribution in [-0.4, -0.2) is 35.0 Å². The first-order valence-corrected chi connectivity index (χ1v) is 14.8. The monoisotopic (exact) mass is 595 g/mol. The number of hydrogen-bond donors (Lipinski definition) is 2. The average Bonchev–Trinajstić information content (AvgIpc) is 3.00. The molecule has 1 saturated heterocycles. The van der Waals surface area contributed by atoms with Gasteiger partial charge in [-0.1, -0.05) is 65.7 Å². The Kier molecular flexibility index (Phi) is 8.27. The fourth-order valence-electron chi connectivity index (χ4n) is 5.76. The molecule has 1 amide bonds. The fourth-order valence-corrected chi connectivity index (χ4v) is 6.01. The maximum atomic E-state index is 11.2. The van der Waals surface area contributed by atoms with Crippen LogP contribution >= 0.6 is 23.2 Å². The number of amides is 1. The van der Waals surface area contributed by atoms with Crippen LogP contribution < -0.4 is 16.0 Å². The first-order chi connectivity index (χ1) is 20.4. The zero-order chi connectivity index (χ0) is 29.1. The molecule has 5 aromatic rings. The van der Waals surface area contributed by atoms with Crippen LogP contribution in [0.1, 0.15) is 41.0 Å². The van der Waals surface area contributed by atoms with Crippen molar-refractivity contribution in [3.05, 3.63) is 130 Å². The number of carbonyl (C=O) groups is 1. The van der Waals surface area contributed by atoms with Crippen molar-refractivity contribution in [2.75, 3.05) is 23.3 Å². The van der Waals surface area contributed by atoms with E-state index in [-0.39, 0.29) is 18.2 Å². The molecule has 4 aromatic carbocycles. The summed E-state index contributed by atoms with van der Waals surface area (Å²) in [5.41, 5.74) is 11.7. The molecule has 6 rings (SSSR count). The summed E-state index contributed by atoms with van der Waals surface area (Å²) < 4.78 is 0. The Morgan fingerprint density at radius 3 is 2.02 bits per heavy atom. The molecule has 1 aliphatic heterocycles. The van der Waals surface area contributed by atoms with E-state index >= 15 is 0 Å². The van der Waals surface area contributed by atoms with Crippen LogP contribution in [0.3, 0.4) is 0 Å². The van der Waals surface area contributed by atoms with Crippen LogP contribution in [0, 0.1) is 0 Å². The average molecular weight is 597 g/mol. The molecule has 212 valence electrons. The van der Waals surface area contributed by atoms with Gasteiger partial charge in [0.1, 0.15) is 12.1 Å². The Labute approximate surface area is 255 Å². The minimum Gasteiger partial charge on any atom is -0.371 e. The normalized spacial score (nSPS) is 13.9. The summed E-state index contributed by atoms with van der Waals surface area (Å²) in [7, 11) is 0. The first kappa shape index (κ1) is 28.0. The molecule has 1 aromatic heterocycles. The highest BCUT2D eigenvalue weighted by Crippen LogP contribution is 2.36. The van der Waals surface area contributed by atoms with Gasteiger partial charge in [0.25, 0.3) is 0 Å². The van der Waals surface area contributed by atoms with Gasteiger partial charge in [0.2, 0.25) is 5.91 Å². The molecular weight excluding hydrogens is 565 g/mol. The van der Waals surface area contributed by atoms with Crippen LogP contribution in [0.25, 0.3) is 10.9 Å². The van der Waals surface area contributed by atoms with Crippen LogP contribution in [0.2, 0.25) is 10.0 Å². The molecule has 0 aliphatic carbocycles. The van der Waals surface area contributed by atoms with E-state index in [0.717, 1.165) is 70.6 Å². The van der Waals surface area contributed by atoms with E-state index in [0.29, 0.717) is 16.1 Å². The van der Waals surface area contributed by atoms with E-state index < -0.39 is 0 Å². The number of piperidine rings is 1. The minimum absolute atomic E-state index is 0.00501. The van der Waals surface area contributed by atoms with E-state index in [1.807, 2.05) is 36.4 Å². The molecule has 0 bridgehead atoms. The van der Waals surface area contributed by atoms with Gasteiger partial charge in [-0.15, -0.1) is 0 Å². The summed E-state index contributed by atoms with van der Waals surface area (Å²) in [5.74, 6) is 0.529. The van der Waals surface area contributed by atoms with Gasteiger partial charge >= 0.3 is 0 Å². The van der Waals surface area contributed by atoms with Gasteiger partial charge in [-0.3, -0.25) is 4.79 Å². The number of nitrogens with one attached hydrogen (secondary N) is 1. The Balaban J connectivity index is 1.23. The highest BCUT2D eigenvalue weighted by Gasteiger charge is 2.22. The Hall–Kier alpha value is -4.13. The second kappa shape index (κ2) is 12.4. The van der Waals surface area contributed by atoms with Crippen LogP contribution in [0.15, 0.2) is 97.3 Å². The van der Waals surface area contributed by atoms with Crippen molar-refractivity contribution in [1.29, 1.82) is 0 Å². The molecule has 1 fully saturated rings. The number of halogens is 2. The summed E-state index contributed by atoms with van der Waals surface area (Å²) in [5, 5.41) is 6.13. The van der Waals surface area contributed by atoms with E-state index in [4.69, 9.17) is 28.9 Å². The minimum atomic E-state index is -0.315. The SMILES string of the molecule is NC(=O)Cc1ccc(N2CCC(Nc3ncnc4ccc(C(c5ccc(Cl)cc5)c5ccc(Cl)cc5)cc34)CC2)cc1. The Bertz CT molecular complexity index is 1640. The predicted molar refractivity (Wildman–Crippen MR) is 172 cm³/mol. The standard InChI is InChI=1S/C34H31Cl2N5O/c35-26-8-3-23(4-9-26)33(24-5-10-27(36)11-6-24)25-7-14-31-30(20-25)34(39-21-38-31)40-28-15-17-41(18-16-28)29-12-1-22(2-13-29)19-32(37)42/h1-14,20-21,28,33H,15-19H2,(H2,37,42)(H,38,39,40). The molecule has 0 saturated carbocycles. The summed E-state index contributed by atoms with van der Waals surface area (Å²) in [6, 6.07) is 30.8. The quantitative estimate of drug-likeness (QED) is 0.185. The molecule has 0 unspecified atom stereocenters. The number of nitrogens with two attached hydrogens (primary N) is 1. The topological polar surface area (TPSA) is 84.1 Å². The lowest BCUT2D eigenvalue weighted by atomic mass is 9.84. The largest absolute Gasteiger partial charge is 0.371 e. The van der Waals surface area contributed by atoms with Gasteiger partial charge < -0.3 is 16.0 Å². The van der Waals surface area contributed by atoms with Crippen LogP contribution in [0.4, 0.5) is 11.5 Å². The van der Waals surface area contributed by atoms with Crippen molar-refractivity contribution in [3.63, 3.8) is 0 Å². The molecule has 0 radical (unpaired) electrons. The van der Waals surface area contributed by atoms with Gasteiger partial charge in [0.15, 0.2) is 0 Å². The number of carbonyl (C=O) groups excluding carboxylic acids is 1. The van der Waals surface area contributed by atoms with Crippen molar-refractivity contribution in [2.45, 2.75) is 31.2 Å². The number of fused-ring (bicyclic) bond motifs is 1. The van der Waals surface area contributed by atoms with Crippen molar-refractivity contribution in [3.8, 4) is 0 Å². The third-order valence-corrected chi connectivity index (χ3v) is 8.42. The maximum absolute atomic E-state index is 11.2. The Morgan fingerprint density at radius 1 is 0.833 bits per heavy atom. The van der Waals surface area contributed by atoms with Crippen molar-refractivity contribution < 1.29 is 4.79 Å². The molecule has 6 nitrogen and oxygen atoms in total. The summed E-state index contributed by atoms with van der Waals surface area (Å²) in [6.45, 7) is 1.85. The third-order valence-electron chi connectivity index (χ3n) is 7.92. The highest BCUT2D eigenvalue weighted by atomic mass is 35.5. The fraction of sp³-hybridized carbons (Fsp3) is 0.206. The molecule has 8 heteroatoms. The summed E-state index contributed by atoms with van der Waals surface area (Å²) >= 11 is 12.5. The predicted octanol–water partition coefficient (Wildman–Crippen LogP) is 7.23. The van der Waals surface area contributed by atoms with Crippen molar-refractivity contribution in [2.24, 2.45) is 5.73 Å². The van der Waals surface area contributed by atoms with Gasteiger partial charge in [-0.25, -0.2) is 9.97 Å². The number of nitrogens with zero attached hydrogens (tertiary/aromatic N) is 3. The number of aromatic nitrogens is 2. The zero-order valence-electron chi connectivity index (χ0n) is 23.0. The molecule has 3 N–H and O–H groups in total. The van der Waals surface area contributed by atoms with E-state index in [2.05, 4.69) is 74.8 Å². The van der Waals surface area contributed by atoms with Gasteiger partial charge in [0.05, 0.1) is 11.9 Å². The molecular formula is C34H31Cl2N5O. The summed E-state index contributed by atoms with van der Waals surface area (Å²) in [4.78, 5) is 22.8. The second-order valence-electron chi connectivity index (χ2n) is 10.8. The molecule has 2 heterocycles. The maximum Gasteiger partial charge on any atom is 0.221 e. The van der Waals surface area contributed by atoms with Gasteiger partial charge in [-0.05, 0) is 83.6 Å². The van der Waals surface area contributed by atoms with Crippen LogP contribution in [-0.2, 0) is 11.2 Å². The third kappa shape index (κ3) is 6.35. The number of benzene rings is 4. The summed E-state index contributed by atoms with van der Waals surface area (Å²) in [6.07, 6.45) is 3.85. The number of primary amides is 1. The lowest BCUT2D eigenvalue weighted by molar-refractivity contribution is -0.117. The van der Waals surface area contributed by atoms with Gasteiger partial charge in [0, 0.05) is 46.2 Å². The van der Waals surface area contributed by atoms with E-state index in [1.165, 1.54) is 0 Å². The molecule has 0 atom stereocenters. The van der Waals surface area contributed by atoms with Crippen molar-refractivity contribution in [1.82, 2.24) is 9.97 Å². The first-order valence-electron chi connectivity index (χ1n) is 14.1. The van der Waals surface area contributed by atoms with E-state index in [9.17, 15) is 4.79 Å². The Morgan fingerprint density at radius 2 is 1.43 bits per heavy atom. The van der Waals surface area contributed by atoms with Gasteiger partial charge in [-0.2, -0.15) is 0 Å². The van der Waals surface area contributed by atoms with Crippen molar-refractivity contribution >= 4 is 51.5 Å². The molecule has 1 aliphatic rings. The van der Waals surface area contributed by atoms with E-state index in [1.54, 1.807) is 6.33 Å². The second-order valence-corrected chi connectivity index (χ2v) is 11.6. The molecule has 0 spiro atoms. The number of anilines is 2. The number of hydrogen-bond acceptors (Lipinski definition) is 5. The lowest BCUT2D eigenvalue weighted by Gasteiger charge is -2.34. The highest BCUT2D eigenvalue weighted by molar-refractivity contribution is 6.30. The number of rotatable bonds is 8. The molecule has 42 heavy (non-hydrogen) atoms. The lowest BCUT2D eigenvalue weighted by Crippen LogP contribution is -2.39.